The minimum Gasteiger partial charge on any atom is -0.430 e. The molecule has 3 saturated carbocycles. The van der Waals surface area contributed by atoms with Gasteiger partial charge in [-0.15, -0.1) is 0 Å². The molecule has 0 heterocycles. The first-order valence-corrected chi connectivity index (χ1v) is 16.3. The van der Waals surface area contributed by atoms with Crippen molar-refractivity contribution in [3.05, 3.63) is 41.5 Å². The summed E-state index contributed by atoms with van der Waals surface area (Å²) in [6.07, 6.45) is 16.9. The van der Waals surface area contributed by atoms with E-state index in [9.17, 15) is 4.79 Å². The Morgan fingerprint density at radius 2 is 1.85 bits per heavy atom. The zero-order chi connectivity index (χ0) is 27.8. The average Bonchev–Trinajstić information content (AvgIpc) is 3.26. The molecular weight excluding hydrogens is 480 g/mol. The van der Waals surface area contributed by atoms with Crippen LogP contribution in [0.4, 0.5) is 4.79 Å². The van der Waals surface area contributed by atoms with Crippen LogP contribution in [0.3, 0.4) is 0 Å². The molecule has 1 aromatic carbocycles. The Labute approximate surface area is 238 Å². The molecule has 0 amide bonds. The Bertz CT molecular complexity index is 1040. The fourth-order valence-corrected chi connectivity index (χ4v) is 9.84. The minimum atomic E-state index is -0.556. The van der Waals surface area contributed by atoms with Crippen LogP contribution in [0.15, 0.2) is 35.9 Å². The molecule has 0 aromatic heterocycles. The predicted molar refractivity (Wildman–Crippen MR) is 160 cm³/mol. The lowest BCUT2D eigenvalue weighted by Gasteiger charge is -2.58. The number of hydrogen-bond donors (Lipinski definition) is 0. The van der Waals surface area contributed by atoms with Crippen molar-refractivity contribution in [1.82, 2.24) is 0 Å². The smallest absolute Gasteiger partial charge is 0.430 e. The molecule has 0 saturated heterocycles. The highest BCUT2D eigenvalue weighted by atomic mass is 16.7. The van der Waals surface area contributed by atoms with E-state index in [1.165, 1.54) is 51.4 Å². The van der Waals surface area contributed by atoms with Gasteiger partial charge in [0.25, 0.3) is 0 Å². The molecule has 8 atom stereocenters. The molecule has 39 heavy (non-hydrogen) atoms. The molecule has 0 aliphatic heterocycles. The van der Waals surface area contributed by atoms with Crippen molar-refractivity contribution in [2.24, 2.45) is 46.3 Å². The number of carbonyl (C=O) groups is 1. The maximum Gasteiger partial charge on any atom is 0.514 e. The third-order valence-corrected chi connectivity index (χ3v) is 12.0. The number of rotatable bonds is 8. The largest absolute Gasteiger partial charge is 0.514 e. The molecule has 0 radical (unpaired) electrons. The van der Waals surface area contributed by atoms with Crippen LogP contribution in [-0.2, 0) is 11.2 Å². The highest BCUT2D eigenvalue weighted by Crippen LogP contribution is 2.67. The molecule has 3 fully saturated rings. The van der Waals surface area contributed by atoms with E-state index in [0.717, 1.165) is 66.8 Å². The molecule has 0 N–H and O–H groups in total. The zero-order valence-electron chi connectivity index (χ0n) is 25.6. The van der Waals surface area contributed by atoms with Crippen LogP contribution in [0.5, 0.6) is 5.75 Å². The summed E-state index contributed by atoms with van der Waals surface area (Å²) in [5.74, 6) is 5.67. The van der Waals surface area contributed by atoms with E-state index in [1.807, 2.05) is 18.2 Å². The maximum atomic E-state index is 12.6. The number of hydrogen-bond acceptors (Lipinski definition) is 3. The first-order valence-electron chi connectivity index (χ1n) is 16.3. The second-order valence-corrected chi connectivity index (χ2v) is 14.6. The fraction of sp³-hybridized carbons (Fsp3) is 0.750. The van der Waals surface area contributed by atoms with Gasteiger partial charge in [-0.05, 0) is 115 Å². The summed E-state index contributed by atoms with van der Waals surface area (Å²) in [7, 11) is 0. The van der Waals surface area contributed by atoms with Gasteiger partial charge in [0, 0.05) is 6.42 Å². The molecule has 216 valence electrons. The zero-order valence-corrected chi connectivity index (χ0v) is 25.6. The van der Waals surface area contributed by atoms with E-state index < -0.39 is 6.16 Å². The van der Waals surface area contributed by atoms with Crippen LogP contribution in [-0.4, -0.2) is 12.3 Å². The molecule has 3 heteroatoms. The second-order valence-electron chi connectivity index (χ2n) is 14.6. The molecule has 0 spiro atoms. The number of carbonyl (C=O) groups excluding carboxylic acids is 1. The third kappa shape index (κ3) is 5.71. The van der Waals surface area contributed by atoms with Crippen LogP contribution in [0, 0.1) is 46.3 Å². The SMILES string of the molecule is CCc1cccc(OC(=O)O[C@H]2CC[C@]3(C)C(=CC[C@H]4[C@H]5CC[C@H]([C@@H](C)CCCC(C)C)[C@]5(C)CC[C@H]43)C2)c1. The Hall–Kier alpha value is -1.77. The predicted octanol–water partition coefficient (Wildman–Crippen LogP) is 10.2. The van der Waals surface area contributed by atoms with E-state index in [1.54, 1.807) is 5.57 Å². The second kappa shape index (κ2) is 11.6. The lowest BCUT2D eigenvalue weighted by molar-refractivity contribution is -0.0597. The van der Waals surface area contributed by atoms with E-state index in [4.69, 9.17) is 9.47 Å². The number of allylic oxidation sites excluding steroid dienone is 1. The lowest BCUT2D eigenvalue weighted by atomic mass is 9.47. The first kappa shape index (κ1) is 28.7. The molecule has 1 aromatic rings. The Morgan fingerprint density at radius 3 is 2.62 bits per heavy atom. The quantitative estimate of drug-likeness (QED) is 0.189. The van der Waals surface area contributed by atoms with Crippen molar-refractivity contribution in [2.75, 3.05) is 0 Å². The van der Waals surface area contributed by atoms with E-state index in [0.29, 0.717) is 11.2 Å². The summed E-state index contributed by atoms with van der Waals surface area (Å²) in [4.78, 5) is 12.6. The van der Waals surface area contributed by atoms with Gasteiger partial charge in [0.05, 0.1) is 0 Å². The van der Waals surface area contributed by atoms with Crippen LogP contribution in [0.2, 0.25) is 0 Å². The van der Waals surface area contributed by atoms with E-state index in [2.05, 4.69) is 53.7 Å². The molecule has 0 unspecified atom stereocenters. The Balaban J connectivity index is 1.21. The van der Waals surface area contributed by atoms with E-state index in [-0.39, 0.29) is 11.5 Å². The summed E-state index contributed by atoms with van der Waals surface area (Å²) in [5, 5.41) is 0. The van der Waals surface area contributed by atoms with Gasteiger partial charge >= 0.3 is 6.16 Å². The Morgan fingerprint density at radius 1 is 1.03 bits per heavy atom. The highest BCUT2D eigenvalue weighted by molar-refractivity contribution is 5.64. The fourth-order valence-electron chi connectivity index (χ4n) is 9.84. The maximum absolute atomic E-state index is 12.6. The number of benzene rings is 1. The topological polar surface area (TPSA) is 35.5 Å². The van der Waals surface area contributed by atoms with Gasteiger partial charge in [-0.25, -0.2) is 4.79 Å². The van der Waals surface area contributed by atoms with Gasteiger partial charge in [0.15, 0.2) is 0 Å². The third-order valence-electron chi connectivity index (χ3n) is 12.0. The molecular formula is C36H54O3. The van der Waals surface area contributed by atoms with E-state index >= 15 is 0 Å². The normalized spacial score (nSPS) is 36.4. The van der Waals surface area contributed by atoms with Crippen LogP contribution < -0.4 is 4.74 Å². The monoisotopic (exact) mass is 534 g/mol. The van der Waals surface area contributed by atoms with Gasteiger partial charge < -0.3 is 9.47 Å². The standard InChI is InChI=1S/C36H54O3/c1-7-26-12-9-13-28(22-26)38-34(37)39-29-18-20-35(5)27(23-29)14-15-30-32-17-16-31(25(4)11-8-10-24(2)3)36(32,6)21-19-33(30)35/h9,12-14,22,24-25,29-33H,7-8,10-11,15-21,23H2,1-6H3/t25-,29-,30-,31+,32+,33+,35+,36-/m0/s1. The first-order chi connectivity index (χ1) is 18.6. The van der Waals surface area contributed by atoms with Crippen molar-refractivity contribution in [2.45, 2.75) is 125 Å². The lowest BCUT2D eigenvalue weighted by Crippen LogP contribution is -2.51. The summed E-state index contributed by atoms with van der Waals surface area (Å²) >= 11 is 0. The Kier molecular flexibility index (Phi) is 8.56. The van der Waals surface area contributed by atoms with Crippen molar-refractivity contribution >= 4 is 6.16 Å². The number of aryl methyl sites for hydroxylation is 1. The summed E-state index contributed by atoms with van der Waals surface area (Å²) in [6.45, 7) is 14.6. The highest BCUT2D eigenvalue weighted by Gasteiger charge is 2.59. The van der Waals surface area contributed by atoms with Crippen LogP contribution in [0.25, 0.3) is 0 Å². The summed E-state index contributed by atoms with van der Waals surface area (Å²) in [5.41, 5.74) is 3.51. The number of fused-ring (bicyclic) bond motifs is 5. The summed E-state index contributed by atoms with van der Waals surface area (Å²) in [6, 6.07) is 7.75. The average molecular weight is 535 g/mol. The van der Waals surface area contributed by atoms with Crippen molar-refractivity contribution in [3.8, 4) is 5.75 Å². The molecule has 5 rings (SSSR count). The van der Waals surface area contributed by atoms with Gasteiger partial charge in [0.2, 0.25) is 0 Å². The van der Waals surface area contributed by atoms with Gasteiger partial charge in [-0.2, -0.15) is 0 Å². The number of ether oxygens (including phenoxy) is 2. The van der Waals surface area contributed by atoms with Crippen molar-refractivity contribution < 1.29 is 14.3 Å². The van der Waals surface area contributed by atoms with Gasteiger partial charge in [-0.3, -0.25) is 0 Å². The molecule has 4 aliphatic rings. The van der Waals surface area contributed by atoms with Crippen molar-refractivity contribution in [3.63, 3.8) is 0 Å². The van der Waals surface area contributed by atoms with Gasteiger partial charge in [-0.1, -0.05) is 84.6 Å². The van der Waals surface area contributed by atoms with Crippen LogP contribution in [0.1, 0.15) is 118 Å². The molecule has 0 bridgehead atoms. The summed E-state index contributed by atoms with van der Waals surface area (Å²) < 4.78 is 11.4. The minimum absolute atomic E-state index is 0.0702. The van der Waals surface area contributed by atoms with Crippen molar-refractivity contribution in [1.29, 1.82) is 0 Å². The molecule has 4 aliphatic carbocycles. The van der Waals surface area contributed by atoms with Gasteiger partial charge in [0.1, 0.15) is 11.9 Å². The molecule has 3 nitrogen and oxygen atoms in total. The van der Waals surface area contributed by atoms with Crippen LogP contribution >= 0.6 is 0 Å².